The van der Waals surface area contributed by atoms with Gasteiger partial charge < -0.3 is 10.1 Å². The van der Waals surface area contributed by atoms with Crippen LogP contribution in [0.25, 0.3) is 0 Å². The number of nitrogens with one attached hydrogen (secondary N) is 1. The Bertz CT molecular complexity index is 300. The Morgan fingerprint density at radius 2 is 2.50 bits per heavy atom. The number of hydrogen-bond acceptors (Lipinski definition) is 4. The third-order valence-electron chi connectivity index (χ3n) is 2.74. The van der Waals surface area contributed by atoms with Gasteiger partial charge in [0.25, 0.3) is 0 Å². The number of rotatable bonds is 4. The number of aromatic nitrogens is 1. The molecule has 2 heterocycles. The second-order valence-electron chi connectivity index (χ2n) is 3.93. The molecule has 0 radical (unpaired) electrons. The van der Waals surface area contributed by atoms with Crippen molar-refractivity contribution in [3.8, 4) is 0 Å². The molecular weight excluding hydrogens is 244 g/mol. The van der Waals surface area contributed by atoms with E-state index in [1.165, 1.54) is 23.5 Å². The van der Waals surface area contributed by atoms with Crippen LogP contribution in [0.2, 0.25) is 0 Å². The van der Waals surface area contributed by atoms with Crippen molar-refractivity contribution < 1.29 is 4.74 Å². The van der Waals surface area contributed by atoms with Gasteiger partial charge in [0.1, 0.15) is 0 Å². The highest BCUT2D eigenvalue weighted by Crippen LogP contribution is 2.26. The summed E-state index contributed by atoms with van der Waals surface area (Å²) in [7, 11) is 1.98. The normalized spacial score (nSPS) is 20.4. The number of thiazole rings is 1. The maximum absolute atomic E-state index is 5.48. The van der Waals surface area contributed by atoms with Gasteiger partial charge >= 0.3 is 0 Å². The Hall–Kier alpha value is -0.160. The maximum atomic E-state index is 5.48. The molecule has 0 aromatic carbocycles. The van der Waals surface area contributed by atoms with Gasteiger partial charge in [0.15, 0.2) is 0 Å². The fraction of sp³-hybridized carbons (Fsp3) is 0.727. The molecule has 1 aliphatic rings. The Balaban J connectivity index is 0.00000128. The predicted molar refractivity (Wildman–Crippen MR) is 69.8 cm³/mol. The van der Waals surface area contributed by atoms with Gasteiger partial charge in [-0.1, -0.05) is 0 Å². The van der Waals surface area contributed by atoms with Crippen LogP contribution >= 0.6 is 23.7 Å². The minimum Gasteiger partial charge on any atom is -0.381 e. The molecule has 92 valence electrons. The molecule has 0 aliphatic carbocycles. The molecule has 1 aromatic rings. The molecule has 1 saturated heterocycles. The first-order valence-electron chi connectivity index (χ1n) is 5.57. The number of halogens is 1. The average Bonchev–Trinajstić information content (AvgIpc) is 2.76. The van der Waals surface area contributed by atoms with Crippen LogP contribution < -0.4 is 5.32 Å². The first-order chi connectivity index (χ1) is 7.40. The molecular formula is C11H19ClN2OS. The van der Waals surface area contributed by atoms with E-state index in [-0.39, 0.29) is 12.4 Å². The summed E-state index contributed by atoms with van der Waals surface area (Å²) in [4.78, 5) is 4.67. The zero-order valence-electron chi connectivity index (χ0n) is 9.57. The van der Waals surface area contributed by atoms with E-state index >= 15 is 0 Å². The van der Waals surface area contributed by atoms with Gasteiger partial charge in [0, 0.05) is 30.9 Å². The summed E-state index contributed by atoms with van der Waals surface area (Å²) in [6.45, 7) is 2.79. The molecule has 0 amide bonds. The number of nitrogens with zero attached hydrogens (tertiary/aromatic N) is 1. The van der Waals surface area contributed by atoms with Crippen LogP contribution in [0.4, 0.5) is 0 Å². The van der Waals surface area contributed by atoms with Gasteiger partial charge in [0.05, 0.1) is 17.3 Å². The molecule has 1 N–H and O–H groups in total. The summed E-state index contributed by atoms with van der Waals surface area (Å²) in [5.41, 5.74) is 1.24. The monoisotopic (exact) mass is 262 g/mol. The molecule has 0 saturated carbocycles. The Labute approximate surface area is 107 Å². The van der Waals surface area contributed by atoms with Crippen molar-refractivity contribution >= 4 is 23.7 Å². The minimum atomic E-state index is 0. The lowest BCUT2D eigenvalue weighted by Crippen LogP contribution is -2.16. The van der Waals surface area contributed by atoms with Gasteiger partial charge in [-0.05, 0) is 19.9 Å². The lowest BCUT2D eigenvalue weighted by molar-refractivity contribution is 0.0794. The molecule has 2 rings (SSSR count). The summed E-state index contributed by atoms with van der Waals surface area (Å²) in [6.07, 6.45) is 3.44. The molecule has 0 spiro atoms. The third kappa shape index (κ3) is 3.70. The molecule has 1 atom stereocenters. The first-order valence-corrected chi connectivity index (χ1v) is 6.44. The summed E-state index contributed by atoms with van der Waals surface area (Å²) >= 11 is 1.78. The molecule has 16 heavy (non-hydrogen) atoms. The molecule has 1 aromatic heterocycles. The van der Waals surface area contributed by atoms with Crippen LogP contribution in [0.5, 0.6) is 0 Å². The lowest BCUT2D eigenvalue weighted by Gasteiger charge is -2.20. The molecule has 1 aliphatic heterocycles. The Morgan fingerprint density at radius 3 is 3.19 bits per heavy atom. The second kappa shape index (κ2) is 7.22. The van der Waals surface area contributed by atoms with E-state index in [2.05, 4.69) is 15.7 Å². The van der Waals surface area contributed by atoms with Crippen molar-refractivity contribution in [2.75, 3.05) is 26.8 Å². The van der Waals surface area contributed by atoms with E-state index in [4.69, 9.17) is 4.74 Å². The highest BCUT2D eigenvalue weighted by atomic mass is 35.5. The van der Waals surface area contributed by atoms with Gasteiger partial charge in [-0.25, -0.2) is 4.98 Å². The van der Waals surface area contributed by atoms with E-state index < -0.39 is 0 Å². The van der Waals surface area contributed by atoms with E-state index in [1.807, 2.05) is 7.05 Å². The van der Waals surface area contributed by atoms with Crippen LogP contribution in [0.15, 0.2) is 5.38 Å². The molecule has 1 fully saturated rings. The summed E-state index contributed by atoms with van der Waals surface area (Å²) in [5, 5.41) is 6.59. The average molecular weight is 263 g/mol. The van der Waals surface area contributed by atoms with Gasteiger partial charge in [-0.15, -0.1) is 23.7 Å². The van der Waals surface area contributed by atoms with E-state index in [0.717, 1.165) is 26.2 Å². The maximum Gasteiger partial charge on any atom is 0.0941 e. The first kappa shape index (κ1) is 13.9. The highest BCUT2D eigenvalue weighted by molar-refractivity contribution is 7.09. The van der Waals surface area contributed by atoms with Crippen LogP contribution in [-0.2, 0) is 11.2 Å². The van der Waals surface area contributed by atoms with Crippen molar-refractivity contribution in [2.24, 2.45) is 0 Å². The SMILES string of the molecule is CNCCc1nc(C2CCCOC2)cs1.Cl. The molecule has 3 nitrogen and oxygen atoms in total. The Morgan fingerprint density at radius 1 is 1.62 bits per heavy atom. The fourth-order valence-corrected chi connectivity index (χ4v) is 2.71. The van der Waals surface area contributed by atoms with Crippen LogP contribution in [0.1, 0.15) is 29.5 Å². The Kier molecular flexibility index (Phi) is 6.28. The number of hydrogen-bond donors (Lipinski definition) is 1. The zero-order valence-corrected chi connectivity index (χ0v) is 11.2. The molecule has 0 bridgehead atoms. The van der Waals surface area contributed by atoms with Crippen LogP contribution in [0.3, 0.4) is 0 Å². The van der Waals surface area contributed by atoms with Gasteiger partial charge in [-0.3, -0.25) is 0 Å². The van der Waals surface area contributed by atoms with Crippen molar-refractivity contribution in [1.82, 2.24) is 10.3 Å². The van der Waals surface area contributed by atoms with Gasteiger partial charge in [-0.2, -0.15) is 0 Å². The van der Waals surface area contributed by atoms with Crippen molar-refractivity contribution in [3.63, 3.8) is 0 Å². The number of ether oxygens (including phenoxy) is 1. The summed E-state index contributed by atoms with van der Waals surface area (Å²) in [6, 6.07) is 0. The smallest absolute Gasteiger partial charge is 0.0941 e. The largest absolute Gasteiger partial charge is 0.381 e. The predicted octanol–water partition coefficient (Wildman–Crippen LogP) is 2.22. The van der Waals surface area contributed by atoms with Crippen molar-refractivity contribution in [2.45, 2.75) is 25.2 Å². The summed E-state index contributed by atoms with van der Waals surface area (Å²) < 4.78 is 5.48. The quantitative estimate of drug-likeness (QED) is 0.904. The van der Waals surface area contributed by atoms with Crippen LogP contribution in [0, 0.1) is 0 Å². The minimum absolute atomic E-state index is 0. The van der Waals surface area contributed by atoms with Crippen LogP contribution in [-0.4, -0.2) is 31.8 Å². The van der Waals surface area contributed by atoms with Crippen molar-refractivity contribution in [3.05, 3.63) is 16.1 Å². The third-order valence-corrected chi connectivity index (χ3v) is 3.66. The van der Waals surface area contributed by atoms with E-state index in [9.17, 15) is 0 Å². The number of likely N-dealkylation sites (N-methyl/N-ethyl adjacent to an activating group) is 1. The van der Waals surface area contributed by atoms with E-state index in [0.29, 0.717) is 5.92 Å². The molecule has 1 unspecified atom stereocenters. The van der Waals surface area contributed by atoms with Crippen molar-refractivity contribution in [1.29, 1.82) is 0 Å². The lowest BCUT2D eigenvalue weighted by atomic mass is 10.00. The fourth-order valence-electron chi connectivity index (χ4n) is 1.83. The van der Waals surface area contributed by atoms with Gasteiger partial charge in [0.2, 0.25) is 0 Å². The zero-order chi connectivity index (χ0) is 10.5. The summed E-state index contributed by atoms with van der Waals surface area (Å²) in [5.74, 6) is 0.540. The second-order valence-corrected chi connectivity index (χ2v) is 4.88. The standard InChI is InChI=1S/C11H18N2OS.ClH/c1-12-5-4-11-13-10(8-15-11)9-3-2-6-14-7-9;/h8-9,12H,2-7H2,1H3;1H. The highest BCUT2D eigenvalue weighted by Gasteiger charge is 2.18. The topological polar surface area (TPSA) is 34.2 Å². The van der Waals surface area contributed by atoms with E-state index in [1.54, 1.807) is 11.3 Å². The molecule has 5 heteroatoms.